The van der Waals surface area contributed by atoms with E-state index < -0.39 is 0 Å². The summed E-state index contributed by atoms with van der Waals surface area (Å²) in [7, 11) is 1.97. The van der Waals surface area contributed by atoms with Gasteiger partial charge in [-0.2, -0.15) is 0 Å². The molecule has 2 heteroatoms. The van der Waals surface area contributed by atoms with Crippen LogP contribution in [0, 0.1) is 0 Å². The smallest absolute Gasteiger partial charge is 0.0665 e. The first-order chi connectivity index (χ1) is 10.8. The maximum absolute atomic E-state index is 6.80. The van der Waals surface area contributed by atoms with Gasteiger partial charge in [0.15, 0.2) is 0 Å². The zero-order valence-corrected chi connectivity index (χ0v) is 13.4. The molecule has 2 atom stereocenters. The van der Waals surface area contributed by atoms with E-state index in [0.717, 1.165) is 12.1 Å². The Morgan fingerprint density at radius 2 is 1.50 bits per heavy atom. The van der Waals surface area contributed by atoms with Crippen LogP contribution in [0.2, 0.25) is 0 Å². The normalized spacial score (nSPS) is 13.9. The van der Waals surface area contributed by atoms with Crippen molar-refractivity contribution in [2.75, 3.05) is 13.6 Å². The summed E-state index contributed by atoms with van der Waals surface area (Å²) in [5, 5.41) is 5.76. The number of likely N-dealkylation sites (N-methyl/N-ethyl adjacent to an activating group) is 1. The lowest BCUT2D eigenvalue weighted by atomic mass is 9.90. The molecule has 0 unspecified atom stereocenters. The van der Waals surface area contributed by atoms with Gasteiger partial charge in [-0.25, -0.2) is 0 Å². The van der Waals surface area contributed by atoms with Gasteiger partial charge in [0.05, 0.1) is 5.38 Å². The molecule has 0 aromatic heterocycles. The molecule has 0 saturated heterocycles. The third-order valence-electron chi connectivity index (χ3n) is 4.10. The Bertz CT molecular complexity index is 739. The van der Waals surface area contributed by atoms with Crippen molar-refractivity contribution in [1.29, 1.82) is 0 Å². The standard InChI is InChI=1S/C20H20ClN/c1-22-14-19(20(21)16-8-3-2-4-9-16)18-12-11-15-7-5-6-10-17(15)13-18/h2-13,19-20,22H,14H2,1H3/t19-,20-/m0/s1. The minimum Gasteiger partial charge on any atom is -0.319 e. The van der Waals surface area contributed by atoms with E-state index in [2.05, 4.69) is 59.9 Å². The zero-order chi connectivity index (χ0) is 15.4. The molecule has 1 nitrogen and oxygen atoms in total. The van der Waals surface area contributed by atoms with Crippen LogP contribution < -0.4 is 5.32 Å². The Labute approximate surface area is 136 Å². The number of rotatable bonds is 5. The lowest BCUT2D eigenvalue weighted by Gasteiger charge is -2.23. The molecule has 0 spiro atoms. The Morgan fingerprint density at radius 1 is 0.818 bits per heavy atom. The molecule has 0 heterocycles. The van der Waals surface area contributed by atoms with Crippen molar-refractivity contribution >= 4 is 22.4 Å². The molecular formula is C20H20ClN. The summed E-state index contributed by atoms with van der Waals surface area (Å²) in [6.07, 6.45) is 0. The van der Waals surface area contributed by atoms with Crippen molar-refractivity contribution < 1.29 is 0 Å². The van der Waals surface area contributed by atoms with Crippen molar-refractivity contribution in [3.63, 3.8) is 0 Å². The summed E-state index contributed by atoms with van der Waals surface area (Å²) in [6.45, 7) is 0.849. The summed E-state index contributed by atoms with van der Waals surface area (Å²) in [5.41, 5.74) is 2.44. The molecule has 0 saturated carbocycles. The average molecular weight is 310 g/mol. The van der Waals surface area contributed by atoms with Crippen molar-refractivity contribution in [3.05, 3.63) is 83.9 Å². The minimum atomic E-state index is -0.0465. The molecule has 3 aromatic rings. The highest BCUT2D eigenvalue weighted by Gasteiger charge is 2.22. The first kappa shape index (κ1) is 15.1. The first-order valence-corrected chi connectivity index (χ1v) is 8.05. The van der Waals surface area contributed by atoms with Crippen molar-refractivity contribution in [1.82, 2.24) is 5.32 Å². The molecule has 0 radical (unpaired) electrons. The summed E-state index contributed by atoms with van der Waals surface area (Å²) in [4.78, 5) is 0. The summed E-state index contributed by atoms with van der Waals surface area (Å²) in [6, 6.07) is 25.4. The summed E-state index contributed by atoms with van der Waals surface area (Å²) >= 11 is 6.80. The third kappa shape index (κ3) is 3.16. The second-order valence-corrected chi connectivity index (χ2v) is 6.05. The van der Waals surface area contributed by atoms with Gasteiger partial charge in [-0.05, 0) is 28.9 Å². The van der Waals surface area contributed by atoms with Crippen LogP contribution >= 0.6 is 11.6 Å². The van der Waals surface area contributed by atoms with Gasteiger partial charge in [0, 0.05) is 12.5 Å². The second-order valence-electron chi connectivity index (χ2n) is 5.58. The van der Waals surface area contributed by atoms with Crippen LogP contribution in [-0.2, 0) is 0 Å². The highest BCUT2D eigenvalue weighted by atomic mass is 35.5. The van der Waals surface area contributed by atoms with Crippen LogP contribution in [0.4, 0.5) is 0 Å². The summed E-state index contributed by atoms with van der Waals surface area (Å²) in [5.74, 6) is 0.235. The van der Waals surface area contributed by atoms with Gasteiger partial charge in [-0.1, -0.05) is 72.8 Å². The van der Waals surface area contributed by atoms with E-state index >= 15 is 0 Å². The van der Waals surface area contributed by atoms with Gasteiger partial charge >= 0.3 is 0 Å². The Hall–Kier alpha value is -1.83. The SMILES string of the molecule is CNC[C@@H](c1ccc2ccccc2c1)[C@@H](Cl)c1ccccc1. The molecule has 1 N–H and O–H groups in total. The number of hydrogen-bond donors (Lipinski definition) is 1. The van der Waals surface area contributed by atoms with E-state index in [-0.39, 0.29) is 11.3 Å². The predicted molar refractivity (Wildman–Crippen MR) is 95.7 cm³/mol. The maximum Gasteiger partial charge on any atom is 0.0665 e. The van der Waals surface area contributed by atoms with Gasteiger partial charge in [0.25, 0.3) is 0 Å². The van der Waals surface area contributed by atoms with Crippen LogP contribution in [0.5, 0.6) is 0 Å². The predicted octanol–water partition coefficient (Wildman–Crippen LogP) is 5.12. The largest absolute Gasteiger partial charge is 0.319 e. The second kappa shape index (κ2) is 6.95. The Balaban J connectivity index is 1.98. The quantitative estimate of drug-likeness (QED) is 0.645. The lowest BCUT2D eigenvalue weighted by Crippen LogP contribution is -2.21. The highest BCUT2D eigenvalue weighted by molar-refractivity contribution is 6.21. The van der Waals surface area contributed by atoms with E-state index in [9.17, 15) is 0 Å². The van der Waals surface area contributed by atoms with Gasteiger partial charge in [-0.3, -0.25) is 0 Å². The van der Waals surface area contributed by atoms with Gasteiger partial charge < -0.3 is 5.32 Å². The molecule has 0 bridgehead atoms. The fourth-order valence-electron chi connectivity index (χ4n) is 2.92. The number of benzene rings is 3. The number of nitrogens with one attached hydrogen (secondary N) is 1. The molecule has 0 aliphatic rings. The molecule has 112 valence electrons. The van der Waals surface area contributed by atoms with Gasteiger partial charge in [0.1, 0.15) is 0 Å². The fraction of sp³-hybridized carbons (Fsp3) is 0.200. The highest BCUT2D eigenvalue weighted by Crippen LogP contribution is 2.36. The molecule has 0 fully saturated rings. The topological polar surface area (TPSA) is 12.0 Å². The van der Waals surface area contributed by atoms with Gasteiger partial charge in [0.2, 0.25) is 0 Å². The van der Waals surface area contributed by atoms with E-state index in [4.69, 9.17) is 11.6 Å². The number of hydrogen-bond acceptors (Lipinski definition) is 1. The Morgan fingerprint density at radius 3 is 2.23 bits per heavy atom. The molecule has 3 aromatic carbocycles. The van der Waals surface area contributed by atoms with Crippen LogP contribution in [0.1, 0.15) is 22.4 Å². The third-order valence-corrected chi connectivity index (χ3v) is 4.65. The average Bonchev–Trinajstić information content (AvgIpc) is 2.59. The van der Waals surface area contributed by atoms with E-state index in [1.165, 1.54) is 16.3 Å². The fourth-order valence-corrected chi connectivity index (χ4v) is 3.30. The van der Waals surface area contributed by atoms with E-state index in [1.54, 1.807) is 0 Å². The number of alkyl halides is 1. The molecule has 0 aliphatic heterocycles. The molecule has 22 heavy (non-hydrogen) atoms. The van der Waals surface area contributed by atoms with Crippen LogP contribution in [0.25, 0.3) is 10.8 Å². The summed E-state index contributed by atoms with van der Waals surface area (Å²) < 4.78 is 0. The minimum absolute atomic E-state index is 0.0465. The van der Waals surface area contributed by atoms with E-state index in [0.29, 0.717) is 0 Å². The zero-order valence-electron chi connectivity index (χ0n) is 12.7. The lowest BCUT2D eigenvalue weighted by molar-refractivity contribution is 0.611. The van der Waals surface area contributed by atoms with Crippen LogP contribution in [0.3, 0.4) is 0 Å². The van der Waals surface area contributed by atoms with E-state index in [1.807, 2.05) is 25.2 Å². The van der Waals surface area contributed by atoms with Crippen molar-refractivity contribution in [2.45, 2.75) is 11.3 Å². The van der Waals surface area contributed by atoms with Crippen molar-refractivity contribution in [2.24, 2.45) is 0 Å². The number of halogens is 1. The molecule has 0 aliphatic carbocycles. The molecule has 0 amide bonds. The first-order valence-electron chi connectivity index (χ1n) is 7.62. The van der Waals surface area contributed by atoms with Crippen LogP contribution in [-0.4, -0.2) is 13.6 Å². The Kier molecular flexibility index (Phi) is 4.77. The van der Waals surface area contributed by atoms with Gasteiger partial charge in [-0.15, -0.1) is 11.6 Å². The van der Waals surface area contributed by atoms with Crippen LogP contribution in [0.15, 0.2) is 72.8 Å². The van der Waals surface area contributed by atoms with Crippen molar-refractivity contribution in [3.8, 4) is 0 Å². The molecular weight excluding hydrogens is 290 g/mol. The number of fused-ring (bicyclic) bond motifs is 1. The monoisotopic (exact) mass is 309 g/mol. The maximum atomic E-state index is 6.80. The molecule has 3 rings (SSSR count).